The summed E-state index contributed by atoms with van der Waals surface area (Å²) in [6.07, 6.45) is 5.26. The fourth-order valence-electron chi connectivity index (χ4n) is 5.01. The second kappa shape index (κ2) is 9.47. The van der Waals surface area contributed by atoms with Crippen LogP contribution < -0.4 is 22.3 Å². The summed E-state index contributed by atoms with van der Waals surface area (Å²) >= 11 is 0. The number of carbonyl (C=O) groups is 1. The number of amides is 1. The largest absolute Gasteiger partial charge is 0.396 e. The number of benzene rings is 1. The van der Waals surface area contributed by atoms with Crippen molar-refractivity contribution in [2.75, 3.05) is 29.6 Å². The Bertz CT molecular complexity index is 1230. The molecule has 3 aromatic rings. The molecule has 1 aromatic carbocycles. The average molecular weight is 474 g/mol. The zero-order valence-electron chi connectivity index (χ0n) is 20.1. The van der Waals surface area contributed by atoms with E-state index in [1.807, 2.05) is 11.1 Å². The van der Waals surface area contributed by atoms with E-state index in [1.54, 1.807) is 6.07 Å². The Hall–Kier alpha value is -3.76. The van der Waals surface area contributed by atoms with Crippen LogP contribution in [0.5, 0.6) is 0 Å². The first-order valence-electron chi connectivity index (χ1n) is 11.8. The van der Waals surface area contributed by atoms with E-state index in [-0.39, 0.29) is 5.91 Å². The van der Waals surface area contributed by atoms with Gasteiger partial charge in [-0.05, 0) is 56.0 Å². The van der Waals surface area contributed by atoms with Gasteiger partial charge in [-0.1, -0.05) is 6.07 Å². The van der Waals surface area contributed by atoms with Crippen LogP contribution in [0.25, 0.3) is 0 Å². The molecule has 2 aromatic heterocycles. The van der Waals surface area contributed by atoms with Gasteiger partial charge in [0, 0.05) is 55.9 Å². The number of aryl methyl sites for hydroxylation is 2. The standard InChI is InChI=1S/C25H31N9O/c1-15-7-16(2)9-19(8-15)30-25-29-12-18-13-34(14-22(18)31-25)20-3-5-33(6-4-20)24(35)17-10-21(26)23(32-27)28-11-17/h7-12,20H,3-6,13-14,26-27H2,1-2H3,(H,28,32)(H,29,30,31). The summed E-state index contributed by atoms with van der Waals surface area (Å²) in [6, 6.07) is 8.36. The topological polar surface area (TPSA) is 138 Å². The molecule has 0 bridgehead atoms. The number of carbonyl (C=O) groups excluding carboxylic acids is 1. The summed E-state index contributed by atoms with van der Waals surface area (Å²) in [6.45, 7) is 7.19. The van der Waals surface area contributed by atoms with Gasteiger partial charge >= 0.3 is 0 Å². The lowest BCUT2D eigenvalue weighted by molar-refractivity contribution is 0.0613. The van der Waals surface area contributed by atoms with Crippen molar-refractivity contribution in [1.82, 2.24) is 24.8 Å². The molecule has 1 amide bonds. The van der Waals surface area contributed by atoms with Crippen LogP contribution >= 0.6 is 0 Å². The lowest BCUT2D eigenvalue weighted by Gasteiger charge is -2.36. The second-order valence-electron chi connectivity index (χ2n) is 9.40. The third-order valence-electron chi connectivity index (χ3n) is 6.73. The van der Waals surface area contributed by atoms with E-state index >= 15 is 0 Å². The molecule has 0 atom stereocenters. The van der Waals surface area contributed by atoms with E-state index in [0.29, 0.717) is 42.1 Å². The molecular weight excluding hydrogens is 442 g/mol. The van der Waals surface area contributed by atoms with Crippen molar-refractivity contribution in [2.24, 2.45) is 5.84 Å². The Kier molecular flexibility index (Phi) is 6.23. The fraction of sp³-hybridized carbons (Fsp3) is 0.360. The molecule has 35 heavy (non-hydrogen) atoms. The minimum Gasteiger partial charge on any atom is -0.396 e. The minimum absolute atomic E-state index is 0.0519. The van der Waals surface area contributed by atoms with Gasteiger partial charge in [-0.2, -0.15) is 0 Å². The lowest BCUT2D eigenvalue weighted by atomic mass is 10.0. The van der Waals surface area contributed by atoms with E-state index in [9.17, 15) is 4.79 Å². The van der Waals surface area contributed by atoms with Crippen LogP contribution in [0.4, 0.5) is 23.1 Å². The third-order valence-corrected chi connectivity index (χ3v) is 6.73. The number of piperidine rings is 1. The number of hydrazine groups is 1. The van der Waals surface area contributed by atoms with E-state index < -0.39 is 0 Å². The molecule has 2 aliphatic heterocycles. The van der Waals surface area contributed by atoms with Gasteiger partial charge in [0.05, 0.1) is 16.9 Å². The van der Waals surface area contributed by atoms with Gasteiger partial charge in [-0.15, -0.1) is 0 Å². The van der Waals surface area contributed by atoms with Crippen LogP contribution in [0, 0.1) is 13.8 Å². The first-order chi connectivity index (χ1) is 16.9. The van der Waals surface area contributed by atoms with Gasteiger partial charge in [0.15, 0.2) is 5.82 Å². The number of pyridine rings is 1. The van der Waals surface area contributed by atoms with Gasteiger partial charge < -0.3 is 21.4 Å². The highest BCUT2D eigenvalue weighted by Crippen LogP contribution is 2.29. The predicted molar refractivity (Wildman–Crippen MR) is 136 cm³/mol. The molecule has 5 rings (SSSR count). The van der Waals surface area contributed by atoms with E-state index in [2.05, 4.69) is 57.7 Å². The van der Waals surface area contributed by atoms with Crippen molar-refractivity contribution in [1.29, 1.82) is 0 Å². The monoisotopic (exact) mass is 473 g/mol. The van der Waals surface area contributed by atoms with Gasteiger partial charge in [0.1, 0.15) is 0 Å². The van der Waals surface area contributed by atoms with E-state index in [1.165, 1.54) is 22.9 Å². The van der Waals surface area contributed by atoms with Crippen LogP contribution in [0.3, 0.4) is 0 Å². The molecule has 10 nitrogen and oxygen atoms in total. The average Bonchev–Trinajstić information content (AvgIpc) is 3.26. The second-order valence-corrected chi connectivity index (χ2v) is 9.40. The number of nitrogens with one attached hydrogen (secondary N) is 2. The SMILES string of the molecule is Cc1cc(C)cc(Nc2ncc3c(n2)CN(C2CCN(C(=O)c4cnc(NN)c(N)c4)CC2)C3)c1. The van der Waals surface area contributed by atoms with Crippen LogP contribution in [0.2, 0.25) is 0 Å². The van der Waals surface area contributed by atoms with Crippen LogP contribution in [0.1, 0.15) is 45.6 Å². The number of hydrogen-bond acceptors (Lipinski definition) is 9. The minimum atomic E-state index is -0.0519. The first kappa shape index (κ1) is 23.0. The molecule has 0 spiro atoms. The van der Waals surface area contributed by atoms with Crippen LogP contribution in [-0.2, 0) is 13.1 Å². The normalized spacial score (nSPS) is 16.3. The zero-order chi connectivity index (χ0) is 24.5. The summed E-state index contributed by atoms with van der Waals surface area (Å²) < 4.78 is 0. The number of nitrogens with zero attached hydrogens (tertiary/aromatic N) is 5. The molecule has 4 heterocycles. The van der Waals surface area contributed by atoms with Gasteiger partial charge in [-0.25, -0.2) is 20.8 Å². The molecule has 0 unspecified atom stereocenters. The van der Waals surface area contributed by atoms with Crippen LogP contribution in [-0.4, -0.2) is 49.8 Å². The molecule has 6 N–H and O–H groups in total. The Morgan fingerprint density at radius 2 is 1.77 bits per heavy atom. The van der Waals surface area contributed by atoms with Gasteiger partial charge in [-0.3, -0.25) is 9.69 Å². The summed E-state index contributed by atoms with van der Waals surface area (Å²) in [7, 11) is 0. The maximum atomic E-state index is 12.9. The first-order valence-corrected chi connectivity index (χ1v) is 11.8. The number of nitrogens with two attached hydrogens (primary N) is 2. The number of anilines is 4. The molecule has 2 aliphatic rings. The summed E-state index contributed by atoms with van der Waals surface area (Å²) in [5.41, 5.74) is 14.8. The number of rotatable bonds is 5. The highest BCUT2D eigenvalue weighted by Gasteiger charge is 2.32. The van der Waals surface area contributed by atoms with Crippen molar-refractivity contribution in [3.63, 3.8) is 0 Å². The van der Waals surface area contributed by atoms with Crippen molar-refractivity contribution >= 4 is 29.0 Å². The molecule has 1 saturated heterocycles. The quantitative estimate of drug-likeness (QED) is 0.325. The maximum absolute atomic E-state index is 12.9. The summed E-state index contributed by atoms with van der Waals surface area (Å²) in [5, 5.41) is 3.34. The van der Waals surface area contributed by atoms with Gasteiger partial charge in [0.2, 0.25) is 5.95 Å². The summed E-state index contributed by atoms with van der Waals surface area (Å²) in [5.74, 6) is 6.31. The highest BCUT2D eigenvalue weighted by atomic mass is 16.2. The highest BCUT2D eigenvalue weighted by molar-refractivity contribution is 5.95. The van der Waals surface area contributed by atoms with E-state index in [4.69, 9.17) is 16.6 Å². The summed E-state index contributed by atoms with van der Waals surface area (Å²) in [4.78, 5) is 30.7. The molecule has 0 saturated carbocycles. The smallest absolute Gasteiger partial charge is 0.255 e. The zero-order valence-corrected chi connectivity index (χ0v) is 20.1. The molecule has 182 valence electrons. The fourth-order valence-corrected chi connectivity index (χ4v) is 5.01. The van der Waals surface area contributed by atoms with E-state index in [0.717, 1.165) is 37.3 Å². The van der Waals surface area contributed by atoms with Crippen molar-refractivity contribution in [2.45, 2.75) is 45.8 Å². The predicted octanol–water partition coefficient (Wildman–Crippen LogP) is 2.72. The Morgan fingerprint density at radius 1 is 1.03 bits per heavy atom. The number of hydrogen-bond donors (Lipinski definition) is 4. The van der Waals surface area contributed by atoms with Gasteiger partial charge in [0.25, 0.3) is 5.91 Å². The number of nitrogen functional groups attached to an aromatic ring is 2. The molecular formula is C25H31N9O. The molecule has 0 aliphatic carbocycles. The molecule has 10 heteroatoms. The Labute approximate surface area is 204 Å². The molecule has 1 fully saturated rings. The number of fused-ring (bicyclic) bond motifs is 1. The van der Waals surface area contributed by atoms with Crippen molar-refractivity contribution < 1.29 is 4.79 Å². The van der Waals surface area contributed by atoms with Crippen LogP contribution in [0.15, 0.2) is 36.7 Å². The lowest BCUT2D eigenvalue weighted by Crippen LogP contribution is -2.45. The maximum Gasteiger partial charge on any atom is 0.255 e. The van der Waals surface area contributed by atoms with Crippen molar-refractivity contribution in [3.8, 4) is 0 Å². The number of aromatic nitrogens is 3. The molecule has 0 radical (unpaired) electrons. The number of likely N-dealkylation sites (tertiary alicyclic amines) is 1. The third kappa shape index (κ3) is 4.89. The Balaban J connectivity index is 1.19. The Morgan fingerprint density at radius 3 is 2.46 bits per heavy atom. The van der Waals surface area contributed by atoms with Crippen molar-refractivity contribution in [3.05, 3.63) is 64.6 Å².